The molecule has 4 aromatic heterocycles. The molecular formula is C18H21F2N12O8PS. The molecule has 0 bridgehead atoms. The Balaban J connectivity index is 1.19. The number of ether oxygens (including phenoxy) is 2. The van der Waals surface area contributed by atoms with E-state index in [4.69, 9.17) is 41.8 Å². The number of H-pyrrole nitrogens is 1. The van der Waals surface area contributed by atoms with E-state index >= 15 is 8.78 Å². The van der Waals surface area contributed by atoms with E-state index in [0.717, 1.165) is 15.7 Å². The van der Waals surface area contributed by atoms with Crippen LogP contribution >= 0.6 is 6.72 Å². The molecule has 24 heteroatoms. The number of fused-ring (bicyclic) bond motifs is 2. The number of nitrogens with two attached hydrogens (primary N) is 2. The van der Waals surface area contributed by atoms with Crippen molar-refractivity contribution in [2.24, 2.45) is 0 Å². The fourth-order valence-electron chi connectivity index (χ4n) is 4.52. The molecule has 0 aromatic carbocycles. The van der Waals surface area contributed by atoms with Crippen LogP contribution in [-0.2, 0) is 30.3 Å². The number of nitrogen functional groups attached to an aromatic ring is 2. The Labute approximate surface area is 235 Å². The standard InChI is InChI=1S/C18H21F2N12O8PS/c19-6-4(1-33)38-17(32-14-9(28-30-32)15(35)26-18(22)25-14)11(6)40-41(36,42)37-2-5-10(34)7(20)16(39-5)31-13-8(27-29-31)12(21)23-3-24-13/h3-7,10-11,16-17,33-34H,1-2H2,(H,36,42)(H2,21,23,24)(H3,22,25,26,35)/t4-,5-,6-,7+,10-,11-,16-,17-,41?/m1/s1. The third-order valence-corrected chi connectivity index (χ3v) is 8.08. The first-order chi connectivity index (χ1) is 20.0. The van der Waals surface area contributed by atoms with Crippen LogP contribution in [0.5, 0.6) is 0 Å². The molecule has 9 atom stereocenters. The Kier molecular flexibility index (Phi) is 7.31. The van der Waals surface area contributed by atoms with Crippen molar-refractivity contribution in [3.8, 4) is 0 Å². The van der Waals surface area contributed by atoms with Crippen LogP contribution in [0.2, 0.25) is 0 Å². The molecule has 0 saturated carbocycles. The van der Waals surface area contributed by atoms with Gasteiger partial charge < -0.3 is 40.6 Å². The molecule has 20 nitrogen and oxygen atoms in total. The lowest BCUT2D eigenvalue weighted by molar-refractivity contribution is -0.0611. The summed E-state index contributed by atoms with van der Waals surface area (Å²) >= 11 is 5.03. The number of hydrogen-bond acceptors (Lipinski definition) is 17. The lowest BCUT2D eigenvalue weighted by Crippen LogP contribution is -2.33. The number of halogens is 2. The molecule has 0 amide bonds. The van der Waals surface area contributed by atoms with Crippen LogP contribution in [0.1, 0.15) is 12.5 Å². The van der Waals surface area contributed by atoms with E-state index in [2.05, 4.69) is 40.6 Å². The summed E-state index contributed by atoms with van der Waals surface area (Å²) in [4.78, 5) is 36.8. The maximum Gasteiger partial charge on any atom is 0.325 e. The van der Waals surface area contributed by atoms with Gasteiger partial charge in [-0.15, -0.1) is 10.2 Å². The summed E-state index contributed by atoms with van der Waals surface area (Å²) in [6.45, 7) is -5.89. The molecule has 2 saturated heterocycles. The molecule has 2 fully saturated rings. The largest absolute Gasteiger partial charge is 0.394 e. The summed E-state index contributed by atoms with van der Waals surface area (Å²) in [5.41, 5.74) is 10.2. The second-order valence-corrected chi connectivity index (χ2v) is 11.9. The van der Waals surface area contributed by atoms with Crippen LogP contribution in [0.15, 0.2) is 11.1 Å². The zero-order valence-electron chi connectivity index (χ0n) is 20.8. The normalized spacial score (nSPS) is 31.3. The first-order valence-corrected chi connectivity index (χ1v) is 14.5. The van der Waals surface area contributed by atoms with E-state index in [1.165, 1.54) is 0 Å². The number of hydrogen-bond donors (Lipinski definition) is 6. The van der Waals surface area contributed by atoms with E-state index in [1.54, 1.807) is 0 Å². The van der Waals surface area contributed by atoms with Crippen molar-refractivity contribution in [1.29, 1.82) is 0 Å². The van der Waals surface area contributed by atoms with Gasteiger partial charge >= 0.3 is 6.72 Å². The fraction of sp³-hybridized carbons (Fsp3) is 0.556. The molecule has 0 radical (unpaired) electrons. The van der Waals surface area contributed by atoms with Gasteiger partial charge in [0, 0.05) is 0 Å². The fourth-order valence-corrected chi connectivity index (χ4v) is 5.93. The second kappa shape index (κ2) is 10.7. The van der Waals surface area contributed by atoms with Crippen molar-refractivity contribution in [1.82, 2.24) is 49.9 Å². The number of aliphatic hydroxyl groups excluding tert-OH is 2. The highest BCUT2D eigenvalue weighted by Crippen LogP contribution is 2.50. The first kappa shape index (κ1) is 28.7. The average Bonchev–Trinajstić information content (AvgIpc) is 3.69. The minimum atomic E-state index is -4.39. The maximum absolute atomic E-state index is 15.3. The molecule has 1 unspecified atom stereocenters. The summed E-state index contributed by atoms with van der Waals surface area (Å²) in [6, 6.07) is 0. The van der Waals surface area contributed by atoms with Crippen molar-refractivity contribution < 1.29 is 42.4 Å². The zero-order chi connectivity index (χ0) is 29.9. The van der Waals surface area contributed by atoms with Gasteiger partial charge in [0.1, 0.15) is 30.7 Å². The van der Waals surface area contributed by atoms with E-state index < -0.39 is 74.7 Å². The van der Waals surface area contributed by atoms with Crippen LogP contribution in [0.3, 0.4) is 0 Å². The van der Waals surface area contributed by atoms with Gasteiger partial charge in [-0.25, -0.2) is 18.7 Å². The van der Waals surface area contributed by atoms with Gasteiger partial charge in [0.2, 0.25) is 5.95 Å². The van der Waals surface area contributed by atoms with Gasteiger partial charge in [-0.3, -0.25) is 14.3 Å². The van der Waals surface area contributed by atoms with E-state index in [-0.39, 0.29) is 34.1 Å². The van der Waals surface area contributed by atoms with E-state index in [0.29, 0.717) is 0 Å². The molecule has 0 spiro atoms. The number of aliphatic hydroxyl groups is 2. The quantitative estimate of drug-likeness (QED) is 0.108. The SMILES string of the molecule is Nc1nc2c(nnn2[C@@H]2O[C@H](CO)[C@@H](F)[C@H]2OP(O)(=S)OC[C@H]2O[C@@H](n3nnc4c(N)ncnc43)[C@@H](F)[C@@H]2O)c(=O)[nH]1. The van der Waals surface area contributed by atoms with Crippen molar-refractivity contribution in [2.45, 2.75) is 49.2 Å². The average molecular weight is 634 g/mol. The molecule has 8 N–H and O–H groups in total. The molecule has 4 aromatic rings. The summed E-state index contributed by atoms with van der Waals surface area (Å²) in [6.07, 6.45) is -12.5. The third kappa shape index (κ3) is 4.87. The van der Waals surface area contributed by atoms with Crippen LogP contribution in [0.4, 0.5) is 20.5 Å². The van der Waals surface area contributed by atoms with Gasteiger partial charge in [0.15, 0.2) is 52.9 Å². The number of anilines is 2. The highest BCUT2D eigenvalue weighted by atomic mass is 32.5. The van der Waals surface area contributed by atoms with Crippen molar-refractivity contribution >= 4 is 52.6 Å². The number of nitrogens with one attached hydrogen (secondary N) is 1. The van der Waals surface area contributed by atoms with Crippen LogP contribution in [-0.4, -0.2) is 115 Å². The Morgan fingerprint density at radius 2 is 1.76 bits per heavy atom. The summed E-state index contributed by atoms with van der Waals surface area (Å²) < 4.78 is 53.9. The smallest absolute Gasteiger partial charge is 0.325 e. The van der Waals surface area contributed by atoms with Gasteiger partial charge in [-0.2, -0.15) is 14.3 Å². The second-order valence-electron chi connectivity index (χ2n) is 9.15. The van der Waals surface area contributed by atoms with Gasteiger partial charge in [0.05, 0.1) is 13.2 Å². The molecule has 226 valence electrons. The topological polar surface area (TPSA) is 283 Å². The molecule has 6 heterocycles. The summed E-state index contributed by atoms with van der Waals surface area (Å²) in [7, 11) is 0. The highest BCUT2D eigenvalue weighted by molar-refractivity contribution is 8.07. The van der Waals surface area contributed by atoms with Gasteiger partial charge in [0.25, 0.3) is 5.56 Å². The number of aromatic nitrogens is 10. The number of aromatic amines is 1. The Hall–Kier alpha value is -3.41. The number of nitrogens with zero attached hydrogens (tertiary/aromatic N) is 9. The molecule has 2 aliphatic rings. The summed E-state index contributed by atoms with van der Waals surface area (Å²) in [5, 5.41) is 35.0. The third-order valence-electron chi connectivity index (χ3n) is 6.52. The number of rotatable bonds is 8. The van der Waals surface area contributed by atoms with Gasteiger partial charge in [-0.1, -0.05) is 10.4 Å². The Morgan fingerprint density at radius 3 is 2.50 bits per heavy atom. The van der Waals surface area contributed by atoms with Gasteiger partial charge in [-0.05, 0) is 11.8 Å². The first-order valence-electron chi connectivity index (χ1n) is 11.9. The number of alkyl halides is 2. The Bertz CT molecular complexity index is 1740. The van der Waals surface area contributed by atoms with E-state index in [9.17, 15) is 19.9 Å². The lowest BCUT2D eigenvalue weighted by Gasteiger charge is -2.25. The molecule has 2 aliphatic heterocycles. The highest BCUT2D eigenvalue weighted by Gasteiger charge is 2.51. The van der Waals surface area contributed by atoms with Crippen LogP contribution in [0, 0.1) is 0 Å². The molecule has 6 rings (SSSR count). The Morgan fingerprint density at radius 1 is 1.07 bits per heavy atom. The lowest BCUT2D eigenvalue weighted by atomic mass is 10.1. The summed E-state index contributed by atoms with van der Waals surface area (Å²) in [5.74, 6) is -0.307. The van der Waals surface area contributed by atoms with Crippen LogP contribution < -0.4 is 17.0 Å². The molecule has 42 heavy (non-hydrogen) atoms. The maximum atomic E-state index is 15.3. The monoisotopic (exact) mass is 634 g/mol. The van der Waals surface area contributed by atoms with Crippen molar-refractivity contribution in [3.63, 3.8) is 0 Å². The van der Waals surface area contributed by atoms with E-state index in [1.807, 2.05) is 0 Å². The van der Waals surface area contributed by atoms with Crippen molar-refractivity contribution in [3.05, 3.63) is 16.7 Å². The predicted molar refractivity (Wildman–Crippen MR) is 136 cm³/mol. The molecule has 0 aliphatic carbocycles. The minimum absolute atomic E-state index is 0.00746. The molecular weight excluding hydrogens is 613 g/mol. The minimum Gasteiger partial charge on any atom is -0.394 e. The van der Waals surface area contributed by atoms with Crippen molar-refractivity contribution in [2.75, 3.05) is 24.7 Å². The predicted octanol–water partition coefficient (Wildman–Crippen LogP) is -2.64. The zero-order valence-corrected chi connectivity index (χ0v) is 22.5. The van der Waals surface area contributed by atoms with Crippen LogP contribution in [0.25, 0.3) is 22.3 Å².